The summed E-state index contributed by atoms with van der Waals surface area (Å²) in [4.78, 5) is 0. The van der Waals surface area contributed by atoms with Gasteiger partial charge in [0.05, 0.1) is 18.7 Å². The van der Waals surface area contributed by atoms with Crippen molar-refractivity contribution in [3.8, 4) is 6.07 Å². The molecular weight excluding hydrogens is 126 g/mol. The molecule has 0 aliphatic heterocycles. The third-order valence-corrected chi connectivity index (χ3v) is 0.838. The van der Waals surface area contributed by atoms with E-state index in [1.54, 1.807) is 12.4 Å². The molecule has 1 aromatic heterocycles. The highest BCUT2D eigenvalue weighted by Crippen LogP contribution is 1.91. The van der Waals surface area contributed by atoms with Crippen LogP contribution < -0.4 is 0 Å². The van der Waals surface area contributed by atoms with Gasteiger partial charge in [-0.25, -0.2) is 0 Å². The second-order valence-electron chi connectivity index (χ2n) is 1.44. The average Bonchev–Trinajstić information content (AvgIpc) is 2.46. The summed E-state index contributed by atoms with van der Waals surface area (Å²) in [6.07, 6.45) is 3.79. The van der Waals surface area contributed by atoms with Gasteiger partial charge in [-0.05, 0) is 0 Å². The molecule has 0 unspecified atom stereocenters. The monoisotopic (exact) mass is 137 g/mol. The lowest BCUT2D eigenvalue weighted by atomic mass is 10.3. The highest BCUT2D eigenvalue weighted by Gasteiger charge is 1.87. The Morgan fingerprint density at radius 2 is 2.40 bits per heavy atom. The number of aromatic amines is 1. The predicted octanol–water partition coefficient (Wildman–Crippen LogP) is 1.50. The van der Waals surface area contributed by atoms with Crippen LogP contribution in [0.2, 0.25) is 0 Å². The molecule has 0 atom stereocenters. The maximum atomic E-state index is 8.15. The molecule has 1 heterocycles. The minimum atomic E-state index is 0.441. The van der Waals surface area contributed by atoms with Crippen LogP contribution in [0.4, 0.5) is 0 Å². The van der Waals surface area contributed by atoms with Crippen molar-refractivity contribution in [2.75, 3.05) is 0 Å². The van der Waals surface area contributed by atoms with E-state index in [0.29, 0.717) is 6.42 Å². The zero-order valence-corrected chi connectivity index (χ0v) is 6.26. The van der Waals surface area contributed by atoms with Gasteiger partial charge in [-0.15, -0.1) is 0 Å². The number of hydrogen-bond donors (Lipinski definition) is 1. The zero-order valence-electron chi connectivity index (χ0n) is 6.26. The summed E-state index contributed by atoms with van der Waals surface area (Å²) in [6.45, 7) is 4.00. The van der Waals surface area contributed by atoms with Gasteiger partial charge in [-0.1, -0.05) is 13.8 Å². The summed E-state index contributed by atoms with van der Waals surface area (Å²) in [5.74, 6) is 0. The summed E-state index contributed by atoms with van der Waals surface area (Å²) in [5, 5.41) is 14.4. The van der Waals surface area contributed by atoms with Gasteiger partial charge < -0.3 is 0 Å². The highest BCUT2D eigenvalue weighted by atomic mass is 15.1. The fraction of sp³-hybridized carbons (Fsp3) is 0.429. The topological polar surface area (TPSA) is 52.5 Å². The zero-order chi connectivity index (χ0) is 7.82. The first-order chi connectivity index (χ1) is 4.93. The van der Waals surface area contributed by atoms with Crippen molar-refractivity contribution in [1.29, 1.82) is 5.26 Å². The van der Waals surface area contributed by atoms with E-state index < -0.39 is 0 Å². The van der Waals surface area contributed by atoms with Gasteiger partial charge in [0.2, 0.25) is 0 Å². The van der Waals surface area contributed by atoms with Gasteiger partial charge in [0, 0.05) is 11.8 Å². The van der Waals surface area contributed by atoms with E-state index in [-0.39, 0.29) is 0 Å². The number of nitriles is 1. The van der Waals surface area contributed by atoms with Crippen molar-refractivity contribution in [1.82, 2.24) is 10.2 Å². The first-order valence-corrected chi connectivity index (χ1v) is 3.28. The third kappa shape index (κ3) is 2.88. The molecule has 54 valence electrons. The minimum absolute atomic E-state index is 0.441. The SMILES string of the molecule is CC.N#CCc1cn[nH]c1. The lowest BCUT2D eigenvalue weighted by Gasteiger charge is -1.74. The molecule has 0 amide bonds. The normalized spacial score (nSPS) is 7.30. The average molecular weight is 137 g/mol. The number of rotatable bonds is 1. The lowest BCUT2D eigenvalue weighted by molar-refractivity contribution is 1.09. The number of nitrogens with zero attached hydrogens (tertiary/aromatic N) is 2. The molecule has 3 heteroatoms. The Balaban J connectivity index is 0.000000371. The second kappa shape index (κ2) is 5.83. The number of hydrogen-bond acceptors (Lipinski definition) is 2. The molecule has 3 nitrogen and oxygen atoms in total. The largest absolute Gasteiger partial charge is 0.285 e. The van der Waals surface area contributed by atoms with E-state index in [2.05, 4.69) is 10.2 Å². The van der Waals surface area contributed by atoms with Gasteiger partial charge in [0.25, 0.3) is 0 Å². The number of nitrogens with one attached hydrogen (secondary N) is 1. The Labute approximate surface area is 60.7 Å². The molecule has 0 fully saturated rings. The molecule has 0 saturated carbocycles. The standard InChI is InChI=1S/C5H5N3.C2H6/c6-2-1-5-3-7-8-4-5;1-2/h3-4H,1H2,(H,7,8);1-2H3. The summed E-state index contributed by atoms with van der Waals surface area (Å²) in [7, 11) is 0. The van der Waals surface area contributed by atoms with E-state index in [4.69, 9.17) is 5.26 Å². The quantitative estimate of drug-likeness (QED) is 0.637. The molecule has 0 aliphatic rings. The predicted molar refractivity (Wildman–Crippen MR) is 39.3 cm³/mol. The van der Waals surface area contributed by atoms with E-state index in [0.717, 1.165) is 5.56 Å². The van der Waals surface area contributed by atoms with Crippen molar-refractivity contribution in [3.05, 3.63) is 18.0 Å². The Bertz CT molecular complexity index is 183. The van der Waals surface area contributed by atoms with E-state index >= 15 is 0 Å². The van der Waals surface area contributed by atoms with Crippen LogP contribution in [0.3, 0.4) is 0 Å². The van der Waals surface area contributed by atoms with Crippen LogP contribution >= 0.6 is 0 Å². The molecule has 0 saturated heterocycles. The van der Waals surface area contributed by atoms with Crippen LogP contribution in [-0.2, 0) is 6.42 Å². The molecule has 0 aromatic carbocycles. The van der Waals surface area contributed by atoms with Gasteiger partial charge >= 0.3 is 0 Å². The summed E-state index contributed by atoms with van der Waals surface area (Å²) in [6, 6.07) is 2.01. The summed E-state index contributed by atoms with van der Waals surface area (Å²) >= 11 is 0. The van der Waals surface area contributed by atoms with Gasteiger partial charge in [0.15, 0.2) is 0 Å². The fourth-order valence-electron chi connectivity index (χ4n) is 0.466. The second-order valence-corrected chi connectivity index (χ2v) is 1.44. The van der Waals surface area contributed by atoms with Crippen LogP contribution in [0.1, 0.15) is 19.4 Å². The van der Waals surface area contributed by atoms with Gasteiger partial charge in [0.1, 0.15) is 0 Å². The van der Waals surface area contributed by atoms with Crippen molar-refractivity contribution in [2.45, 2.75) is 20.3 Å². The lowest BCUT2D eigenvalue weighted by Crippen LogP contribution is -1.71. The molecule has 0 spiro atoms. The molecule has 0 bridgehead atoms. The first kappa shape index (κ1) is 8.70. The van der Waals surface area contributed by atoms with Crippen molar-refractivity contribution >= 4 is 0 Å². The summed E-state index contributed by atoms with van der Waals surface area (Å²) < 4.78 is 0. The fourth-order valence-corrected chi connectivity index (χ4v) is 0.466. The molecule has 1 N–H and O–H groups in total. The van der Waals surface area contributed by atoms with E-state index in [1.807, 2.05) is 19.9 Å². The minimum Gasteiger partial charge on any atom is -0.285 e. The number of H-pyrrole nitrogens is 1. The Kier molecular flexibility index (Phi) is 5.07. The van der Waals surface area contributed by atoms with Crippen molar-refractivity contribution in [3.63, 3.8) is 0 Å². The third-order valence-electron chi connectivity index (χ3n) is 0.838. The molecule has 10 heavy (non-hydrogen) atoms. The van der Waals surface area contributed by atoms with Crippen LogP contribution in [-0.4, -0.2) is 10.2 Å². The number of aromatic nitrogens is 2. The van der Waals surface area contributed by atoms with Crippen LogP contribution in [0.25, 0.3) is 0 Å². The van der Waals surface area contributed by atoms with Crippen molar-refractivity contribution in [2.24, 2.45) is 0 Å². The van der Waals surface area contributed by atoms with Crippen LogP contribution in [0, 0.1) is 11.3 Å². The van der Waals surface area contributed by atoms with E-state index in [9.17, 15) is 0 Å². The van der Waals surface area contributed by atoms with Crippen LogP contribution in [0.15, 0.2) is 12.4 Å². The molecule has 0 radical (unpaired) electrons. The first-order valence-electron chi connectivity index (χ1n) is 3.28. The van der Waals surface area contributed by atoms with E-state index in [1.165, 1.54) is 0 Å². The van der Waals surface area contributed by atoms with Crippen LogP contribution in [0.5, 0.6) is 0 Å². The maximum Gasteiger partial charge on any atom is 0.0670 e. The molecule has 0 aliphatic carbocycles. The Morgan fingerprint density at radius 1 is 1.70 bits per heavy atom. The smallest absolute Gasteiger partial charge is 0.0670 e. The maximum absolute atomic E-state index is 8.15. The van der Waals surface area contributed by atoms with Gasteiger partial charge in [-0.2, -0.15) is 10.4 Å². The summed E-state index contributed by atoms with van der Waals surface area (Å²) in [5.41, 5.74) is 0.938. The van der Waals surface area contributed by atoms with Gasteiger partial charge in [-0.3, -0.25) is 5.10 Å². The highest BCUT2D eigenvalue weighted by molar-refractivity contribution is 5.07. The molecular formula is C7H11N3. The Morgan fingerprint density at radius 3 is 2.80 bits per heavy atom. The molecule has 1 rings (SSSR count). The Hall–Kier alpha value is -1.30. The molecule has 1 aromatic rings. The van der Waals surface area contributed by atoms with Crippen molar-refractivity contribution < 1.29 is 0 Å².